The van der Waals surface area contributed by atoms with E-state index in [1.54, 1.807) is 35.7 Å². The molecule has 0 amide bonds. The lowest BCUT2D eigenvalue weighted by molar-refractivity contribution is 0.603. The Morgan fingerprint density at radius 1 is 0.950 bits per heavy atom. The predicted octanol–water partition coefficient (Wildman–Crippen LogP) is 5.57. The Bertz CT molecular complexity index is 611. The average molecular weight is 346 g/mol. The Balaban J connectivity index is 1.99. The molecule has 0 radical (unpaired) electrons. The van der Waals surface area contributed by atoms with Gasteiger partial charge in [-0.1, -0.05) is 53.0 Å². The molecular weight excluding hydrogens is 335 g/mol. The van der Waals surface area contributed by atoms with Crippen LogP contribution in [0.5, 0.6) is 0 Å². The monoisotopic (exact) mass is 344 g/mol. The van der Waals surface area contributed by atoms with Crippen LogP contribution in [0.3, 0.4) is 0 Å². The summed E-state index contributed by atoms with van der Waals surface area (Å²) in [5.74, 6) is 0.453. The molecule has 0 aliphatic carbocycles. The van der Waals surface area contributed by atoms with Crippen molar-refractivity contribution in [1.29, 1.82) is 0 Å². The van der Waals surface area contributed by atoms with Crippen molar-refractivity contribution in [1.82, 2.24) is 0 Å². The van der Waals surface area contributed by atoms with Crippen molar-refractivity contribution in [3.05, 3.63) is 74.1 Å². The van der Waals surface area contributed by atoms with E-state index >= 15 is 0 Å². The minimum Gasteiger partial charge on any atom is -0.612 e. The lowest BCUT2D eigenvalue weighted by Gasteiger charge is -2.06. The van der Waals surface area contributed by atoms with Gasteiger partial charge in [-0.15, -0.1) is 0 Å². The molecular formula is C15H11Cl3OS. The van der Waals surface area contributed by atoms with E-state index in [2.05, 4.69) is 0 Å². The highest BCUT2D eigenvalue weighted by Crippen LogP contribution is 2.23. The predicted molar refractivity (Wildman–Crippen MR) is 88.8 cm³/mol. The first-order valence-electron chi connectivity index (χ1n) is 5.79. The van der Waals surface area contributed by atoms with Crippen LogP contribution in [-0.4, -0.2) is 4.55 Å². The molecule has 2 aromatic carbocycles. The standard InChI is InChI=1S/C15H11Cl3OS/c16-13-4-1-12(2-5-13)10-20(19)8-7-11-3-6-14(17)15(18)9-11/h1-9H,10H2/b8-7+. The first-order chi connectivity index (χ1) is 9.54. The highest BCUT2D eigenvalue weighted by atomic mass is 35.5. The van der Waals surface area contributed by atoms with Gasteiger partial charge in [0.25, 0.3) is 0 Å². The van der Waals surface area contributed by atoms with Gasteiger partial charge in [-0.25, -0.2) is 0 Å². The van der Waals surface area contributed by atoms with Gasteiger partial charge in [0, 0.05) is 10.6 Å². The van der Waals surface area contributed by atoms with Crippen LogP contribution in [0.25, 0.3) is 6.08 Å². The van der Waals surface area contributed by atoms with Crippen LogP contribution in [0.4, 0.5) is 0 Å². The molecule has 0 saturated carbocycles. The maximum Gasteiger partial charge on any atom is 0.135 e. The van der Waals surface area contributed by atoms with Crippen molar-refractivity contribution in [2.45, 2.75) is 5.75 Å². The van der Waals surface area contributed by atoms with Gasteiger partial charge in [-0.2, -0.15) is 0 Å². The molecule has 0 spiro atoms. The molecule has 0 aromatic heterocycles. The van der Waals surface area contributed by atoms with Gasteiger partial charge in [-0.3, -0.25) is 0 Å². The zero-order chi connectivity index (χ0) is 14.5. The first-order valence-corrected chi connectivity index (χ1v) is 8.31. The van der Waals surface area contributed by atoms with E-state index in [0.717, 1.165) is 11.1 Å². The Kier molecular flexibility index (Phi) is 5.82. The molecule has 0 aliphatic rings. The highest BCUT2D eigenvalue weighted by Gasteiger charge is 2.04. The van der Waals surface area contributed by atoms with Crippen molar-refractivity contribution in [3.8, 4) is 0 Å². The second kappa shape index (κ2) is 7.39. The van der Waals surface area contributed by atoms with E-state index in [4.69, 9.17) is 34.8 Å². The number of hydrogen-bond acceptors (Lipinski definition) is 1. The lowest BCUT2D eigenvalue weighted by atomic mass is 10.2. The van der Waals surface area contributed by atoms with Gasteiger partial charge in [0.1, 0.15) is 11.2 Å². The summed E-state index contributed by atoms with van der Waals surface area (Å²) in [6.07, 6.45) is 1.77. The topological polar surface area (TPSA) is 23.1 Å². The van der Waals surface area contributed by atoms with Crippen LogP contribution < -0.4 is 0 Å². The van der Waals surface area contributed by atoms with E-state index in [1.165, 1.54) is 0 Å². The fourth-order valence-corrected chi connectivity index (χ4v) is 2.92. The van der Waals surface area contributed by atoms with Crippen molar-refractivity contribution in [2.75, 3.05) is 0 Å². The third-order valence-corrected chi connectivity index (χ3v) is 4.63. The SMILES string of the molecule is [O-][S+](/C=C/c1ccc(Cl)c(Cl)c1)Cc1ccc(Cl)cc1. The summed E-state index contributed by atoms with van der Waals surface area (Å²) < 4.78 is 12.0. The first kappa shape index (κ1) is 15.7. The summed E-state index contributed by atoms with van der Waals surface area (Å²) in [6.45, 7) is 0. The van der Waals surface area contributed by atoms with Gasteiger partial charge in [-0.05, 0) is 47.1 Å². The Labute approximate surface area is 136 Å². The van der Waals surface area contributed by atoms with Gasteiger partial charge in [0.2, 0.25) is 0 Å². The molecule has 0 saturated heterocycles. The van der Waals surface area contributed by atoms with Crippen LogP contribution in [0.15, 0.2) is 47.9 Å². The van der Waals surface area contributed by atoms with Crippen LogP contribution in [-0.2, 0) is 16.9 Å². The third-order valence-electron chi connectivity index (χ3n) is 2.58. The van der Waals surface area contributed by atoms with Gasteiger partial charge in [0.05, 0.1) is 10.0 Å². The minimum atomic E-state index is -1.09. The van der Waals surface area contributed by atoms with Crippen molar-refractivity contribution < 1.29 is 4.55 Å². The van der Waals surface area contributed by atoms with Crippen molar-refractivity contribution >= 4 is 52.1 Å². The van der Waals surface area contributed by atoms with Crippen LogP contribution in [0.2, 0.25) is 15.1 Å². The zero-order valence-electron chi connectivity index (χ0n) is 10.4. The summed E-state index contributed by atoms with van der Waals surface area (Å²) in [5, 5.41) is 3.31. The summed E-state index contributed by atoms with van der Waals surface area (Å²) in [5.41, 5.74) is 1.84. The van der Waals surface area contributed by atoms with Gasteiger partial charge < -0.3 is 4.55 Å². The number of halogens is 3. The second-order valence-electron chi connectivity index (χ2n) is 4.13. The van der Waals surface area contributed by atoms with E-state index in [1.807, 2.05) is 18.2 Å². The second-order valence-corrected chi connectivity index (χ2v) is 6.70. The Hall–Kier alpha value is -0.640. The molecule has 0 aliphatic heterocycles. The van der Waals surface area contributed by atoms with Crippen LogP contribution >= 0.6 is 34.8 Å². The summed E-state index contributed by atoms with van der Waals surface area (Å²) in [6, 6.07) is 12.6. The Morgan fingerprint density at radius 2 is 1.65 bits per heavy atom. The van der Waals surface area contributed by atoms with E-state index in [-0.39, 0.29) is 0 Å². The van der Waals surface area contributed by atoms with E-state index in [0.29, 0.717) is 20.8 Å². The number of hydrogen-bond donors (Lipinski definition) is 0. The van der Waals surface area contributed by atoms with E-state index in [9.17, 15) is 4.55 Å². The van der Waals surface area contributed by atoms with E-state index < -0.39 is 11.2 Å². The largest absolute Gasteiger partial charge is 0.612 e. The smallest absolute Gasteiger partial charge is 0.135 e. The molecule has 1 unspecified atom stereocenters. The Morgan fingerprint density at radius 3 is 2.30 bits per heavy atom. The molecule has 0 bridgehead atoms. The fourth-order valence-electron chi connectivity index (χ4n) is 1.56. The van der Waals surface area contributed by atoms with Gasteiger partial charge in [0.15, 0.2) is 0 Å². The maximum absolute atomic E-state index is 12.0. The van der Waals surface area contributed by atoms with Crippen molar-refractivity contribution in [3.63, 3.8) is 0 Å². The molecule has 2 aromatic rings. The molecule has 0 fully saturated rings. The molecule has 0 N–H and O–H groups in total. The quantitative estimate of drug-likeness (QED) is 0.665. The summed E-state index contributed by atoms with van der Waals surface area (Å²) in [7, 11) is 0. The van der Waals surface area contributed by atoms with Crippen LogP contribution in [0, 0.1) is 0 Å². The third kappa shape index (κ3) is 4.72. The summed E-state index contributed by atoms with van der Waals surface area (Å²) >= 11 is 16.5. The minimum absolute atomic E-state index is 0.453. The van der Waals surface area contributed by atoms with Gasteiger partial charge >= 0.3 is 0 Å². The zero-order valence-corrected chi connectivity index (χ0v) is 13.4. The molecule has 0 heterocycles. The maximum atomic E-state index is 12.0. The fraction of sp³-hybridized carbons (Fsp3) is 0.0667. The number of benzene rings is 2. The molecule has 104 valence electrons. The van der Waals surface area contributed by atoms with Crippen molar-refractivity contribution in [2.24, 2.45) is 0 Å². The normalized spacial score (nSPS) is 12.8. The molecule has 20 heavy (non-hydrogen) atoms. The lowest BCUT2D eigenvalue weighted by Crippen LogP contribution is -1.99. The molecule has 5 heteroatoms. The summed E-state index contributed by atoms with van der Waals surface area (Å²) in [4.78, 5) is 0. The number of rotatable bonds is 4. The highest BCUT2D eigenvalue weighted by molar-refractivity contribution is 7.93. The molecule has 1 nitrogen and oxygen atoms in total. The molecule has 1 atom stereocenters. The van der Waals surface area contributed by atoms with Crippen LogP contribution in [0.1, 0.15) is 11.1 Å². The average Bonchev–Trinajstić information content (AvgIpc) is 2.43. The molecule has 2 rings (SSSR count).